The van der Waals surface area contributed by atoms with Crippen LogP contribution in [0.3, 0.4) is 0 Å². The van der Waals surface area contributed by atoms with Crippen molar-refractivity contribution in [1.82, 2.24) is 15.0 Å². The first-order valence-electron chi connectivity index (χ1n) is 8.37. The van der Waals surface area contributed by atoms with E-state index < -0.39 is 5.97 Å². The van der Waals surface area contributed by atoms with Gasteiger partial charge in [0.1, 0.15) is 11.4 Å². The van der Waals surface area contributed by atoms with Crippen LogP contribution in [-0.2, 0) is 6.54 Å². The second-order valence-corrected chi connectivity index (χ2v) is 5.77. The van der Waals surface area contributed by atoms with Crippen molar-refractivity contribution in [2.75, 3.05) is 25.2 Å². The number of aliphatic hydroxyl groups excluding tert-OH is 1. The molecular formula is C19H20N4O4. The third-order valence-corrected chi connectivity index (χ3v) is 3.98. The highest BCUT2D eigenvalue weighted by Crippen LogP contribution is 2.25. The molecule has 0 aliphatic carbocycles. The SMILES string of the molecule is COc1ccccc1-n1nc(C(=O)O)c(N(CCO)Cc2ccccc2)n1. The van der Waals surface area contributed by atoms with Crippen LogP contribution < -0.4 is 9.64 Å². The molecular weight excluding hydrogens is 348 g/mol. The van der Waals surface area contributed by atoms with E-state index in [1.807, 2.05) is 30.3 Å². The fourth-order valence-corrected chi connectivity index (χ4v) is 2.74. The molecule has 0 saturated heterocycles. The minimum Gasteiger partial charge on any atom is -0.494 e. The van der Waals surface area contributed by atoms with Crippen molar-refractivity contribution in [1.29, 1.82) is 0 Å². The third kappa shape index (κ3) is 4.06. The maximum Gasteiger partial charge on any atom is 0.360 e. The first-order chi connectivity index (χ1) is 13.1. The molecule has 0 aliphatic heterocycles. The van der Waals surface area contributed by atoms with Crippen LogP contribution in [0.2, 0.25) is 0 Å². The van der Waals surface area contributed by atoms with Crippen LogP contribution in [-0.4, -0.2) is 51.4 Å². The Morgan fingerprint density at radius 1 is 1.11 bits per heavy atom. The lowest BCUT2D eigenvalue weighted by atomic mass is 10.2. The van der Waals surface area contributed by atoms with Crippen molar-refractivity contribution in [3.8, 4) is 11.4 Å². The summed E-state index contributed by atoms with van der Waals surface area (Å²) in [6, 6.07) is 16.6. The van der Waals surface area contributed by atoms with Crippen LogP contribution in [0.25, 0.3) is 5.69 Å². The van der Waals surface area contributed by atoms with Crippen molar-refractivity contribution >= 4 is 11.8 Å². The Labute approximate surface area is 156 Å². The number of para-hydroxylation sites is 2. The Kier molecular flexibility index (Phi) is 5.68. The summed E-state index contributed by atoms with van der Waals surface area (Å²) >= 11 is 0. The van der Waals surface area contributed by atoms with Gasteiger partial charge in [-0.05, 0) is 17.7 Å². The van der Waals surface area contributed by atoms with Gasteiger partial charge in [0.05, 0.1) is 13.7 Å². The van der Waals surface area contributed by atoms with E-state index in [0.29, 0.717) is 18.0 Å². The van der Waals surface area contributed by atoms with Gasteiger partial charge in [0, 0.05) is 13.1 Å². The molecule has 0 saturated carbocycles. The fourth-order valence-electron chi connectivity index (χ4n) is 2.74. The minimum atomic E-state index is -1.19. The summed E-state index contributed by atoms with van der Waals surface area (Å²) in [5, 5.41) is 27.6. The minimum absolute atomic E-state index is 0.145. The Bertz CT molecular complexity index is 911. The van der Waals surface area contributed by atoms with Gasteiger partial charge < -0.3 is 19.8 Å². The number of ether oxygens (including phenoxy) is 1. The van der Waals surface area contributed by atoms with Crippen molar-refractivity contribution in [2.45, 2.75) is 6.54 Å². The first-order valence-corrected chi connectivity index (χ1v) is 8.37. The summed E-state index contributed by atoms with van der Waals surface area (Å²) in [5.74, 6) is -0.485. The highest BCUT2D eigenvalue weighted by Gasteiger charge is 2.24. The summed E-state index contributed by atoms with van der Waals surface area (Å²) in [6.07, 6.45) is 0. The molecule has 140 valence electrons. The maximum absolute atomic E-state index is 11.7. The lowest BCUT2D eigenvalue weighted by Crippen LogP contribution is -2.28. The molecule has 2 N–H and O–H groups in total. The predicted molar refractivity (Wildman–Crippen MR) is 99.4 cm³/mol. The van der Waals surface area contributed by atoms with E-state index in [0.717, 1.165) is 5.56 Å². The van der Waals surface area contributed by atoms with E-state index in [1.54, 1.807) is 29.2 Å². The number of carbonyl (C=O) groups is 1. The molecule has 27 heavy (non-hydrogen) atoms. The molecule has 0 atom stereocenters. The van der Waals surface area contributed by atoms with Crippen LogP contribution in [0.15, 0.2) is 54.6 Å². The van der Waals surface area contributed by atoms with Gasteiger partial charge >= 0.3 is 5.97 Å². The number of benzene rings is 2. The van der Waals surface area contributed by atoms with Gasteiger partial charge in [0.2, 0.25) is 5.69 Å². The number of carboxylic acids is 1. The molecule has 3 rings (SSSR count). The van der Waals surface area contributed by atoms with Crippen molar-refractivity contribution < 1.29 is 19.7 Å². The Hall–Kier alpha value is -3.39. The number of hydrogen-bond acceptors (Lipinski definition) is 6. The van der Waals surface area contributed by atoms with Crippen molar-refractivity contribution in [2.24, 2.45) is 0 Å². The first kappa shape index (κ1) is 18.4. The summed E-state index contributed by atoms with van der Waals surface area (Å²) in [6.45, 7) is 0.472. The highest BCUT2D eigenvalue weighted by molar-refractivity contribution is 5.91. The molecule has 0 amide bonds. The lowest BCUT2D eigenvalue weighted by molar-refractivity contribution is 0.0690. The molecule has 1 aromatic heterocycles. The largest absolute Gasteiger partial charge is 0.494 e. The molecule has 0 fully saturated rings. The molecule has 1 heterocycles. The van der Waals surface area contributed by atoms with Crippen LogP contribution in [0.5, 0.6) is 5.75 Å². The Morgan fingerprint density at radius 2 is 1.81 bits per heavy atom. The Morgan fingerprint density at radius 3 is 2.48 bits per heavy atom. The number of nitrogens with zero attached hydrogens (tertiary/aromatic N) is 4. The smallest absolute Gasteiger partial charge is 0.360 e. The summed E-state index contributed by atoms with van der Waals surface area (Å²) < 4.78 is 5.31. The molecule has 0 spiro atoms. The molecule has 8 heteroatoms. The van der Waals surface area contributed by atoms with Gasteiger partial charge in [0.15, 0.2) is 5.82 Å². The van der Waals surface area contributed by atoms with Gasteiger partial charge in [0.25, 0.3) is 0 Å². The average Bonchev–Trinajstić information content (AvgIpc) is 3.14. The van der Waals surface area contributed by atoms with Crippen molar-refractivity contribution in [3.05, 3.63) is 65.9 Å². The van der Waals surface area contributed by atoms with Crippen molar-refractivity contribution in [3.63, 3.8) is 0 Å². The van der Waals surface area contributed by atoms with Crippen LogP contribution in [0.1, 0.15) is 16.1 Å². The number of anilines is 1. The summed E-state index contributed by atoms with van der Waals surface area (Å²) in [4.78, 5) is 14.7. The van der Waals surface area contributed by atoms with Gasteiger partial charge in [-0.1, -0.05) is 42.5 Å². The van der Waals surface area contributed by atoms with E-state index in [4.69, 9.17) is 4.74 Å². The van der Waals surface area contributed by atoms with E-state index >= 15 is 0 Å². The zero-order chi connectivity index (χ0) is 19.2. The van der Waals surface area contributed by atoms with E-state index in [9.17, 15) is 15.0 Å². The quantitative estimate of drug-likeness (QED) is 0.627. The monoisotopic (exact) mass is 368 g/mol. The molecule has 8 nitrogen and oxygen atoms in total. The maximum atomic E-state index is 11.7. The fraction of sp³-hybridized carbons (Fsp3) is 0.211. The average molecular weight is 368 g/mol. The number of methoxy groups -OCH3 is 1. The highest BCUT2D eigenvalue weighted by atomic mass is 16.5. The molecule has 0 unspecified atom stereocenters. The van der Waals surface area contributed by atoms with Crippen LogP contribution >= 0.6 is 0 Å². The Balaban J connectivity index is 2.04. The zero-order valence-electron chi connectivity index (χ0n) is 14.8. The standard InChI is InChI=1S/C19H20N4O4/c1-27-16-10-6-5-9-15(16)23-20-17(19(25)26)18(21-23)22(11-12-24)13-14-7-3-2-4-8-14/h2-10,24H,11-13H2,1H3,(H,25,26). The van der Waals surface area contributed by atoms with Crippen LogP contribution in [0.4, 0.5) is 5.82 Å². The number of hydrogen-bond donors (Lipinski definition) is 2. The summed E-state index contributed by atoms with van der Waals surface area (Å²) in [5.41, 5.74) is 1.30. The summed E-state index contributed by atoms with van der Waals surface area (Å²) in [7, 11) is 1.52. The molecule has 0 radical (unpaired) electrons. The van der Waals surface area contributed by atoms with Gasteiger partial charge in [-0.2, -0.15) is 0 Å². The number of aromatic carboxylic acids is 1. The second-order valence-electron chi connectivity index (χ2n) is 5.77. The van der Waals surface area contributed by atoms with Gasteiger partial charge in [-0.25, -0.2) is 4.79 Å². The lowest BCUT2D eigenvalue weighted by Gasteiger charge is -2.21. The molecule has 3 aromatic rings. The number of rotatable bonds is 8. The van der Waals surface area contributed by atoms with Gasteiger partial charge in [-0.15, -0.1) is 15.0 Å². The van der Waals surface area contributed by atoms with E-state index in [1.165, 1.54) is 11.9 Å². The third-order valence-electron chi connectivity index (χ3n) is 3.98. The second kappa shape index (κ2) is 8.33. The number of carboxylic acid groups (broad SMARTS) is 1. The zero-order valence-corrected chi connectivity index (χ0v) is 14.8. The molecule has 0 bridgehead atoms. The molecule has 2 aromatic carbocycles. The topological polar surface area (TPSA) is 101 Å². The number of aromatic nitrogens is 3. The molecule has 0 aliphatic rings. The van der Waals surface area contributed by atoms with E-state index in [-0.39, 0.29) is 24.7 Å². The normalized spacial score (nSPS) is 10.6. The predicted octanol–water partition coefficient (Wildman–Crippen LogP) is 1.97. The van der Waals surface area contributed by atoms with E-state index in [2.05, 4.69) is 10.2 Å². The van der Waals surface area contributed by atoms with Gasteiger partial charge in [-0.3, -0.25) is 0 Å². The number of aliphatic hydroxyl groups is 1. The van der Waals surface area contributed by atoms with Crippen LogP contribution in [0, 0.1) is 0 Å².